The number of hydrogen-bond donors (Lipinski definition) is 2. The number of ether oxygens (including phenoxy) is 1. The Balaban J connectivity index is 2.10. The van der Waals surface area contributed by atoms with E-state index in [4.69, 9.17) is 9.84 Å². The lowest BCUT2D eigenvalue weighted by Crippen LogP contribution is -2.36. The van der Waals surface area contributed by atoms with Gasteiger partial charge in [-0.05, 0) is 17.7 Å². The first-order valence-corrected chi connectivity index (χ1v) is 9.97. The first-order chi connectivity index (χ1) is 14.4. The van der Waals surface area contributed by atoms with Crippen molar-refractivity contribution in [1.82, 2.24) is 4.90 Å². The third kappa shape index (κ3) is 4.76. The van der Waals surface area contributed by atoms with Crippen molar-refractivity contribution in [3.8, 4) is 17.2 Å². The number of carboxylic acid groups (broad SMARTS) is 1. The molecule has 1 aromatic carbocycles. The minimum Gasteiger partial charge on any atom is -0.465 e. The molecule has 1 saturated heterocycles. The second-order valence-corrected chi connectivity index (χ2v) is 7.72. The van der Waals surface area contributed by atoms with Gasteiger partial charge in [-0.15, -0.1) is 11.3 Å². The Hall–Kier alpha value is -3.42. The number of morpholine rings is 1. The number of carbonyl (C=O) groups excluding carboxylic acids is 1. The SMILES string of the molecule is CN(C)/C=N\C(=O)c1sc(N2CCOCC2)c(C#N)c1-c1ccc(NC(=O)O)cc1. The van der Waals surface area contributed by atoms with Gasteiger partial charge < -0.3 is 19.6 Å². The van der Waals surface area contributed by atoms with E-state index < -0.39 is 12.0 Å². The summed E-state index contributed by atoms with van der Waals surface area (Å²) in [4.78, 5) is 31.8. The minimum atomic E-state index is -1.17. The van der Waals surface area contributed by atoms with E-state index in [0.717, 1.165) is 0 Å². The molecule has 3 rings (SSSR count). The Bertz CT molecular complexity index is 1000. The number of aliphatic imine (C=N–C) groups is 1. The van der Waals surface area contributed by atoms with E-state index in [-0.39, 0.29) is 0 Å². The van der Waals surface area contributed by atoms with E-state index in [9.17, 15) is 14.9 Å². The van der Waals surface area contributed by atoms with Gasteiger partial charge in [-0.2, -0.15) is 10.3 Å². The number of thiophene rings is 1. The number of rotatable bonds is 5. The number of hydrogen-bond acceptors (Lipinski definition) is 6. The summed E-state index contributed by atoms with van der Waals surface area (Å²) in [5.74, 6) is -0.438. The zero-order valence-corrected chi connectivity index (χ0v) is 17.4. The largest absolute Gasteiger partial charge is 0.465 e. The zero-order valence-electron chi connectivity index (χ0n) is 16.6. The van der Waals surface area contributed by atoms with Crippen molar-refractivity contribution >= 4 is 40.4 Å². The van der Waals surface area contributed by atoms with Crippen molar-refractivity contribution < 1.29 is 19.4 Å². The molecule has 1 aliphatic rings. The summed E-state index contributed by atoms with van der Waals surface area (Å²) in [6.45, 7) is 2.36. The summed E-state index contributed by atoms with van der Waals surface area (Å²) in [6, 6.07) is 8.80. The molecule has 2 heterocycles. The lowest BCUT2D eigenvalue weighted by atomic mass is 10.0. The van der Waals surface area contributed by atoms with Gasteiger partial charge in [-0.1, -0.05) is 12.1 Å². The fourth-order valence-corrected chi connectivity index (χ4v) is 4.23. The molecule has 2 aromatic rings. The van der Waals surface area contributed by atoms with Crippen LogP contribution in [0, 0.1) is 11.3 Å². The van der Waals surface area contributed by atoms with E-state index in [1.165, 1.54) is 17.7 Å². The highest BCUT2D eigenvalue weighted by atomic mass is 32.1. The molecule has 1 fully saturated rings. The van der Waals surface area contributed by atoms with Crippen LogP contribution in [0.1, 0.15) is 15.2 Å². The number of carbonyl (C=O) groups is 2. The predicted octanol–water partition coefficient (Wildman–Crippen LogP) is 2.94. The molecule has 2 amide bonds. The normalized spacial score (nSPS) is 13.8. The van der Waals surface area contributed by atoms with Gasteiger partial charge >= 0.3 is 6.09 Å². The van der Waals surface area contributed by atoms with Crippen LogP contribution in [-0.4, -0.2) is 68.7 Å². The van der Waals surface area contributed by atoms with Crippen LogP contribution in [0.4, 0.5) is 15.5 Å². The van der Waals surface area contributed by atoms with Crippen LogP contribution >= 0.6 is 11.3 Å². The van der Waals surface area contributed by atoms with E-state index in [0.29, 0.717) is 58.6 Å². The molecule has 0 unspecified atom stereocenters. The number of nitriles is 1. The molecule has 0 radical (unpaired) electrons. The Morgan fingerprint density at radius 2 is 1.97 bits per heavy atom. The van der Waals surface area contributed by atoms with Crippen LogP contribution in [0.2, 0.25) is 0 Å². The Labute approximate surface area is 177 Å². The maximum Gasteiger partial charge on any atom is 0.409 e. The quantitative estimate of drug-likeness (QED) is 0.556. The molecule has 0 bridgehead atoms. The number of benzene rings is 1. The average Bonchev–Trinajstić information content (AvgIpc) is 3.12. The fraction of sp³-hybridized carbons (Fsp3) is 0.300. The molecule has 1 aliphatic heterocycles. The topological polar surface area (TPSA) is 118 Å². The summed E-state index contributed by atoms with van der Waals surface area (Å²) in [5, 5.41) is 21.8. The summed E-state index contributed by atoms with van der Waals surface area (Å²) in [7, 11) is 3.53. The lowest BCUT2D eigenvalue weighted by molar-refractivity contribution is 0.101. The van der Waals surface area contributed by atoms with Crippen molar-refractivity contribution in [3.05, 3.63) is 34.7 Å². The van der Waals surface area contributed by atoms with Crippen LogP contribution in [0.15, 0.2) is 29.3 Å². The molecule has 9 nitrogen and oxygen atoms in total. The van der Waals surface area contributed by atoms with Gasteiger partial charge in [0.05, 0.1) is 25.1 Å². The molecule has 2 N–H and O–H groups in total. The molecule has 0 spiro atoms. The van der Waals surface area contributed by atoms with Gasteiger partial charge in [0.1, 0.15) is 15.9 Å². The molecule has 0 atom stereocenters. The van der Waals surface area contributed by atoms with Gasteiger partial charge in [0.25, 0.3) is 5.91 Å². The summed E-state index contributed by atoms with van der Waals surface area (Å²) >= 11 is 1.24. The highest BCUT2D eigenvalue weighted by Gasteiger charge is 2.27. The van der Waals surface area contributed by atoms with Crippen molar-refractivity contribution in [2.45, 2.75) is 0 Å². The third-order valence-electron chi connectivity index (χ3n) is 4.32. The van der Waals surface area contributed by atoms with E-state index in [1.54, 1.807) is 43.3 Å². The van der Waals surface area contributed by atoms with E-state index in [2.05, 4.69) is 16.4 Å². The molecule has 0 aliphatic carbocycles. The molecule has 1 aromatic heterocycles. The highest BCUT2D eigenvalue weighted by Crippen LogP contribution is 2.42. The first kappa shape index (κ1) is 21.3. The van der Waals surface area contributed by atoms with E-state index >= 15 is 0 Å². The Kier molecular flexibility index (Phi) is 6.66. The third-order valence-corrected chi connectivity index (χ3v) is 5.56. The van der Waals surface area contributed by atoms with Crippen LogP contribution in [0.25, 0.3) is 11.1 Å². The van der Waals surface area contributed by atoms with Crippen molar-refractivity contribution in [2.24, 2.45) is 4.99 Å². The fourth-order valence-electron chi connectivity index (χ4n) is 3.01. The summed E-state index contributed by atoms with van der Waals surface area (Å²) < 4.78 is 5.40. The van der Waals surface area contributed by atoms with Crippen molar-refractivity contribution in [3.63, 3.8) is 0 Å². The molecule has 0 saturated carbocycles. The van der Waals surface area contributed by atoms with E-state index in [1.807, 2.05) is 4.90 Å². The Morgan fingerprint density at radius 3 is 2.53 bits per heavy atom. The molecule has 156 valence electrons. The summed E-state index contributed by atoms with van der Waals surface area (Å²) in [5.41, 5.74) is 1.95. The molecular weight excluding hydrogens is 406 g/mol. The van der Waals surface area contributed by atoms with Crippen LogP contribution in [-0.2, 0) is 4.74 Å². The first-order valence-electron chi connectivity index (χ1n) is 9.15. The molecule has 10 heteroatoms. The van der Waals surface area contributed by atoms with Gasteiger partial charge in [0.15, 0.2) is 0 Å². The zero-order chi connectivity index (χ0) is 21.7. The number of amides is 2. The number of nitrogens with one attached hydrogen (secondary N) is 1. The van der Waals surface area contributed by atoms with Crippen LogP contribution in [0.5, 0.6) is 0 Å². The lowest BCUT2D eigenvalue weighted by Gasteiger charge is -2.27. The van der Waals surface area contributed by atoms with Gasteiger partial charge in [-0.25, -0.2) is 4.79 Å². The van der Waals surface area contributed by atoms with Gasteiger partial charge in [-0.3, -0.25) is 10.1 Å². The number of nitrogens with zero attached hydrogens (tertiary/aromatic N) is 4. The Morgan fingerprint density at radius 1 is 1.30 bits per heavy atom. The van der Waals surface area contributed by atoms with Crippen molar-refractivity contribution in [2.75, 3.05) is 50.6 Å². The average molecular weight is 427 g/mol. The summed E-state index contributed by atoms with van der Waals surface area (Å²) in [6.07, 6.45) is 0.256. The maximum atomic E-state index is 12.9. The van der Waals surface area contributed by atoms with Crippen molar-refractivity contribution in [1.29, 1.82) is 5.26 Å². The monoisotopic (exact) mass is 427 g/mol. The predicted molar refractivity (Wildman–Crippen MR) is 116 cm³/mol. The minimum absolute atomic E-state index is 0.366. The molecule has 30 heavy (non-hydrogen) atoms. The molecular formula is C20H21N5O4S. The van der Waals surface area contributed by atoms with Crippen LogP contribution in [0.3, 0.4) is 0 Å². The standard InChI is InChI=1S/C20H21N5O4S/c1-24(2)12-22-18(26)17-16(13-3-5-14(6-4-13)23-20(27)28)15(11-21)19(30-17)25-7-9-29-10-8-25/h3-6,12,23H,7-10H2,1-2H3,(H,27,28)/b22-12-. The van der Waals surface area contributed by atoms with Gasteiger partial charge in [0.2, 0.25) is 0 Å². The second-order valence-electron chi connectivity index (χ2n) is 6.72. The van der Waals surface area contributed by atoms with Crippen LogP contribution < -0.4 is 10.2 Å². The second kappa shape index (κ2) is 9.39. The highest BCUT2D eigenvalue weighted by molar-refractivity contribution is 7.19. The number of anilines is 2. The smallest absolute Gasteiger partial charge is 0.409 e. The maximum absolute atomic E-state index is 12.9. The van der Waals surface area contributed by atoms with Gasteiger partial charge in [0, 0.05) is 38.4 Å².